The van der Waals surface area contributed by atoms with E-state index in [9.17, 15) is 4.79 Å². The van der Waals surface area contributed by atoms with Crippen LogP contribution in [0.2, 0.25) is 0 Å². The van der Waals surface area contributed by atoms with E-state index in [2.05, 4.69) is 18.7 Å². The maximum Gasteiger partial charge on any atom is 0.345 e. The summed E-state index contributed by atoms with van der Waals surface area (Å²) in [7, 11) is 0. The van der Waals surface area contributed by atoms with Gasteiger partial charge in [-0.25, -0.2) is 4.79 Å². The lowest BCUT2D eigenvalue weighted by Gasteiger charge is -2.37. The van der Waals surface area contributed by atoms with Gasteiger partial charge in [-0.2, -0.15) is 0 Å². The SMILES string of the molecule is CC1CCCN(Cc2ccc(C(=O)O)s2)C1C. The summed E-state index contributed by atoms with van der Waals surface area (Å²) in [4.78, 5) is 14.9. The van der Waals surface area contributed by atoms with Crippen molar-refractivity contribution in [2.75, 3.05) is 6.54 Å². The van der Waals surface area contributed by atoms with Gasteiger partial charge in [0.15, 0.2) is 0 Å². The summed E-state index contributed by atoms with van der Waals surface area (Å²) in [6.45, 7) is 6.60. The fourth-order valence-corrected chi connectivity index (χ4v) is 3.29. The van der Waals surface area contributed by atoms with Crippen LogP contribution in [0.15, 0.2) is 12.1 Å². The van der Waals surface area contributed by atoms with Gasteiger partial charge < -0.3 is 5.11 Å². The molecule has 2 unspecified atom stereocenters. The Morgan fingerprint density at radius 2 is 2.29 bits per heavy atom. The summed E-state index contributed by atoms with van der Waals surface area (Å²) in [5.41, 5.74) is 0. The van der Waals surface area contributed by atoms with Crippen LogP contribution in [-0.4, -0.2) is 28.6 Å². The standard InChI is InChI=1S/C13H19NO2S/c1-9-4-3-7-14(10(9)2)8-11-5-6-12(17-11)13(15)16/h5-6,9-10H,3-4,7-8H2,1-2H3,(H,15,16). The van der Waals surface area contributed by atoms with Crippen molar-refractivity contribution >= 4 is 17.3 Å². The minimum atomic E-state index is -0.818. The smallest absolute Gasteiger partial charge is 0.345 e. The van der Waals surface area contributed by atoms with Crippen molar-refractivity contribution in [1.82, 2.24) is 4.90 Å². The molecule has 1 aliphatic rings. The molecule has 2 heterocycles. The number of piperidine rings is 1. The summed E-state index contributed by atoms with van der Waals surface area (Å²) < 4.78 is 0. The van der Waals surface area contributed by atoms with Crippen LogP contribution in [0.1, 0.15) is 41.2 Å². The van der Waals surface area contributed by atoms with Gasteiger partial charge in [0.05, 0.1) is 0 Å². The number of thiophene rings is 1. The number of carbonyl (C=O) groups is 1. The summed E-state index contributed by atoms with van der Waals surface area (Å²) in [5, 5.41) is 8.89. The summed E-state index contributed by atoms with van der Waals surface area (Å²) >= 11 is 1.40. The molecule has 1 N–H and O–H groups in total. The number of nitrogens with zero attached hydrogens (tertiary/aromatic N) is 1. The van der Waals surface area contributed by atoms with Crippen molar-refractivity contribution in [2.24, 2.45) is 5.92 Å². The lowest BCUT2D eigenvalue weighted by molar-refractivity contribution is 0.0702. The quantitative estimate of drug-likeness (QED) is 0.900. The monoisotopic (exact) mass is 253 g/mol. The number of likely N-dealkylation sites (tertiary alicyclic amines) is 1. The van der Waals surface area contributed by atoms with Crippen LogP contribution in [0.4, 0.5) is 0 Å². The third-order valence-corrected chi connectivity index (χ3v) is 4.79. The normalized spacial score (nSPS) is 26.0. The number of carboxylic acid groups (broad SMARTS) is 1. The molecule has 0 saturated carbocycles. The van der Waals surface area contributed by atoms with Crippen molar-refractivity contribution in [1.29, 1.82) is 0 Å². The minimum Gasteiger partial charge on any atom is -0.477 e. The Morgan fingerprint density at radius 1 is 1.53 bits per heavy atom. The summed E-state index contributed by atoms with van der Waals surface area (Å²) in [6.07, 6.45) is 2.56. The van der Waals surface area contributed by atoms with Crippen molar-refractivity contribution < 1.29 is 9.90 Å². The van der Waals surface area contributed by atoms with Crippen LogP contribution >= 0.6 is 11.3 Å². The molecular weight excluding hydrogens is 234 g/mol. The molecule has 0 amide bonds. The van der Waals surface area contributed by atoms with Gasteiger partial charge in [-0.05, 0) is 44.4 Å². The van der Waals surface area contributed by atoms with E-state index in [1.165, 1.54) is 24.2 Å². The first-order chi connectivity index (χ1) is 8.08. The first kappa shape index (κ1) is 12.6. The van der Waals surface area contributed by atoms with E-state index in [4.69, 9.17) is 5.11 Å². The number of hydrogen-bond donors (Lipinski definition) is 1. The molecule has 0 aliphatic carbocycles. The lowest BCUT2D eigenvalue weighted by atomic mass is 9.92. The maximum atomic E-state index is 10.8. The molecule has 0 aromatic carbocycles. The second-order valence-corrected chi connectivity index (χ2v) is 6.07. The number of rotatable bonds is 3. The Morgan fingerprint density at radius 3 is 2.94 bits per heavy atom. The Hall–Kier alpha value is -0.870. The van der Waals surface area contributed by atoms with Gasteiger partial charge in [-0.3, -0.25) is 4.90 Å². The second kappa shape index (κ2) is 5.19. The van der Waals surface area contributed by atoms with Crippen LogP contribution in [0.25, 0.3) is 0 Å². The average Bonchev–Trinajstić information content (AvgIpc) is 2.73. The van der Waals surface area contributed by atoms with Gasteiger partial charge in [-0.1, -0.05) is 6.92 Å². The molecule has 1 aromatic heterocycles. The minimum absolute atomic E-state index is 0.442. The van der Waals surface area contributed by atoms with Crippen molar-refractivity contribution in [2.45, 2.75) is 39.3 Å². The van der Waals surface area contributed by atoms with Gasteiger partial charge in [0.25, 0.3) is 0 Å². The molecule has 1 saturated heterocycles. The Labute approximate surface area is 106 Å². The van der Waals surface area contributed by atoms with Gasteiger partial charge >= 0.3 is 5.97 Å². The molecule has 0 radical (unpaired) electrons. The molecule has 1 fully saturated rings. The first-order valence-electron chi connectivity index (χ1n) is 6.14. The number of hydrogen-bond acceptors (Lipinski definition) is 3. The highest BCUT2D eigenvalue weighted by molar-refractivity contribution is 7.13. The molecule has 0 bridgehead atoms. The van der Waals surface area contributed by atoms with E-state index in [1.54, 1.807) is 6.07 Å². The largest absolute Gasteiger partial charge is 0.477 e. The highest BCUT2D eigenvalue weighted by Crippen LogP contribution is 2.26. The van der Waals surface area contributed by atoms with E-state index in [-0.39, 0.29) is 0 Å². The molecule has 2 atom stereocenters. The molecule has 1 aromatic rings. The second-order valence-electron chi connectivity index (χ2n) is 4.90. The van der Waals surface area contributed by atoms with E-state index >= 15 is 0 Å². The van der Waals surface area contributed by atoms with E-state index in [0.29, 0.717) is 10.9 Å². The Bertz CT molecular complexity index is 402. The molecule has 94 valence electrons. The maximum absolute atomic E-state index is 10.8. The Kier molecular flexibility index (Phi) is 3.84. The van der Waals surface area contributed by atoms with Crippen molar-refractivity contribution in [3.8, 4) is 0 Å². The summed E-state index contributed by atoms with van der Waals surface area (Å²) in [5.74, 6) is -0.0797. The molecular formula is C13H19NO2S. The zero-order valence-electron chi connectivity index (χ0n) is 10.3. The van der Waals surface area contributed by atoms with Crippen LogP contribution in [0.5, 0.6) is 0 Å². The third-order valence-electron chi connectivity index (χ3n) is 3.74. The Balaban J connectivity index is 2.01. The molecule has 0 spiro atoms. The van der Waals surface area contributed by atoms with E-state index in [0.717, 1.165) is 23.9 Å². The zero-order chi connectivity index (χ0) is 12.4. The average molecular weight is 253 g/mol. The third kappa shape index (κ3) is 2.87. The molecule has 1 aliphatic heterocycles. The van der Waals surface area contributed by atoms with Gasteiger partial charge in [0.2, 0.25) is 0 Å². The van der Waals surface area contributed by atoms with Gasteiger partial charge in [0.1, 0.15) is 4.88 Å². The van der Waals surface area contributed by atoms with Crippen molar-refractivity contribution in [3.05, 3.63) is 21.9 Å². The van der Waals surface area contributed by atoms with Gasteiger partial charge in [-0.15, -0.1) is 11.3 Å². The van der Waals surface area contributed by atoms with Crippen LogP contribution in [0.3, 0.4) is 0 Å². The predicted octanol–water partition coefficient (Wildman–Crippen LogP) is 3.07. The number of aromatic carboxylic acids is 1. The van der Waals surface area contributed by atoms with E-state index in [1.807, 2.05) is 6.07 Å². The van der Waals surface area contributed by atoms with Crippen molar-refractivity contribution in [3.63, 3.8) is 0 Å². The highest BCUT2D eigenvalue weighted by atomic mass is 32.1. The number of carboxylic acids is 1. The van der Waals surface area contributed by atoms with Crippen LogP contribution in [-0.2, 0) is 6.54 Å². The highest BCUT2D eigenvalue weighted by Gasteiger charge is 2.24. The zero-order valence-corrected chi connectivity index (χ0v) is 11.2. The van der Waals surface area contributed by atoms with Gasteiger partial charge in [0, 0.05) is 17.5 Å². The summed E-state index contributed by atoms with van der Waals surface area (Å²) in [6, 6.07) is 4.25. The molecule has 3 nitrogen and oxygen atoms in total. The topological polar surface area (TPSA) is 40.5 Å². The molecule has 4 heteroatoms. The lowest BCUT2D eigenvalue weighted by Crippen LogP contribution is -2.41. The van der Waals surface area contributed by atoms with Crippen LogP contribution < -0.4 is 0 Å². The fraction of sp³-hybridized carbons (Fsp3) is 0.615. The first-order valence-corrected chi connectivity index (χ1v) is 6.95. The van der Waals surface area contributed by atoms with Crippen LogP contribution in [0, 0.1) is 5.92 Å². The molecule has 17 heavy (non-hydrogen) atoms. The van der Waals surface area contributed by atoms with E-state index < -0.39 is 5.97 Å². The predicted molar refractivity (Wildman–Crippen MR) is 69.5 cm³/mol. The fourth-order valence-electron chi connectivity index (χ4n) is 2.42. The molecule has 2 rings (SSSR count).